The topological polar surface area (TPSA) is 129 Å². The van der Waals surface area contributed by atoms with Crippen LogP contribution in [0.4, 0.5) is 5.82 Å². The van der Waals surface area contributed by atoms with E-state index >= 15 is 0 Å². The van der Waals surface area contributed by atoms with Crippen molar-refractivity contribution in [3.8, 4) is 11.5 Å². The largest absolute Gasteiger partial charge is 0.454 e. The Bertz CT molecular complexity index is 877. The summed E-state index contributed by atoms with van der Waals surface area (Å²) in [4.78, 5) is 35.9. The van der Waals surface area contributed by atoms with Crippen LogP contribution in [0.3, 0.4) is 0 Å². The summed E-state index contributed by atoms with van der Waals surface area (Å²) in [7, 11) is 0. The van der Waals surface area contributed by atoms with Crippen molar-refractivity contribution in [3.05, 3.63) is 35.6 Å². The molecule has 0 saturated heterocycles. The van der Waals surface area contributed by atoms with Crippen LogP contribution in [0.1, 0.15) is 23.0 Å². The predicted octanol–water partition coefficient (Wildman–Crippen LogP) is 1.01. The summed E-state index contributed by atoms with van der Waals surface area (Å²) >= 11 is 0. The van der Waals surface area contributed by atoms with Crippen LogP contribution in [0, 0.1) is 6.92 Å². The number of esters is 1. The van der Waals surface area contributed by atoms with Crippen LogP contribution in [-0.4, -0.2) is 42.4 Å². The Kier molecular flexibility index (Phi) is 5.25. The van der Waals surface area contributed by atoms with Crippen LogP contribution in [0.5, 0.6) is 11.5 Å². The van der Waals surface area contributed by atoms with Gasteiger partial charge in [-0.25, -0.2) is 0 Å². The van der Waals surface area contributed by atoms with E-state index in [9.17, 15) is 14.4 Å². The highest BCUT2D eigenvalue weighted by Crippen LogP contribution is 2.32. The second kappa shape index (κ2) is 7.77. The molecule has 0 fully saturated rings. The fourth-order valence-corrected chi connectivity index (χ4v) is 2.24. The first-order valence-corrected chi connectivity index (χ1v) is 8.04. The first kappa shape index (κ1) is 18.2. The Morgan fingerprint density at radius 2 is 2.00 bits per heavy atom. The molecule has 27 heavy (non-hydrogen) atoms. The van der Waals surface area contributed by atoms with Gasteiger partial charge in [-0.1, -0.05) is 5.16 Å². The molecule has 1 atom stereocenters. The maximum absolute atomic E-state index is 12.1. The van der Waals surface area contributed by atoms with Crippen LogP contribution in [-0.2, 0) is 14.3 Å². The summed E-state index contributed by atoms with van der Waals surface area (Å²) in [6.07, 6.45) is -1.07. The molecule has 1 aliphatic heterocycles. The van der Waals surface area contributed by atoms with Crippen molar-refractivity contribution in [2.24, 2.45) is 0 Å². The van der Waals surface area contributed by atoms with Crippen LogP contribution < -0.4 is 20.1 Å². The molecule has 1 aliphatic rings. The lowest BCUT2D eigenvalue weighted by Crippen LogP contribution is -2.35. The molecule has 10 heteroatoms. The number of amides is 2. The van der Waals surface area contributed by atoms with E-state index in [1.807, 2.05) is 0 Å². The van der Waals surface area contributed by atoms with Gasteiger partial charge in [-0.3, -0.25) is 14.4 Å². The normalized spacial score (nSPS) is 13.0. The third kappa shape index (κ3) is 4.54. The second-order valence-electron chi connectivity index (χ2n) is 5.69. The number of nitrogens with zero attached hydrogens (tertiary/aromatic N) is 1. The van der Waals surface area contributed by atoms with Crippen molar-refractivity contribution in [3.63, 3.8) is 0 Å². The number of benzene rings is 1. The Morgan fingerprint density at radius 1 is 1.22 bits per heavy atom. The van der Waals surface area contributed by atoms with Crippen LogP contribution in [0.25, 0.3) is 0 Å². The third-order valence-corrected chi connectivity index (χ3v) is 3.58. The summed E-state index contributed by atoms with van der Waals surface area (Å²) in [5.74, 6) is -0.0633. The number of carbonyl (C=O) groups excluding carboxylic acids is 3. The van der Waals surface area contributed by atoms with Gasteiger partial charge in [0.2, 0.25) is 6.79 Å². The fourth-order valence-electron chi connectivity index (χ4n) is 2.24. The van der Waals surface area contributed by atoms with Crippen LogP contribution in [0.15, 0.2) is 28.8 Å². The SMILES string of the molecule is Cc1cc(NC(=O)[C@H](C)OC(=O)CNC(=O)c2ccc3c(c2)OCO3)no1. The van der Waals surface area contributed by atoms with Gasteiger partial charge in [0.25, 0.3) is 11.8 Å². The maximum Gasteiger partial charge on any atom is 0.326 e. The molecule has 142 valence electrons. The van der Waals surface area contributed by atoms with Gasteiger partial charge in [-0.2, -0.15) is 0 Å². The Morgan fingerprint density at radius 3 is 2.74 bits per heavy atom. The van der Waals surface area contributed by atoms with Crippen molar-refractivity contribution in [2.75, 3.05) is 18.7 Å². The van der Waals surface area contributed by atoms with E-state index in [-0.39, 0.29) is 12.6 Å². The molecular formula is C17H17N3O7. The molecule has 3 rings (SSSR count). The highest BCUT2D eigenvalue weighted by atomic mass is 16.7. The highest BCUT2D eigenvalue weighted by molar-refractivity contribution is 5.97. The number of nitrogens with one attached hydrogen (secondary N) is 2. The van der Waals surface area contributed by atoms with E-state index in [1.54, 1.807) is 19.1 Å². The Hall–Kier alpha value is -3.56. The van der Waals surface area contributed by atoms with Crippen molar-refractivity contribution < 1.29 is 33.1 Å². The smallest absolute Gasteiger partial charge is 0.326 e. The van der Waals surface area contributed by atoms with E-state index in [4.69, 9.17) is 18.7 Å². The van der Waals surface area contributed by atoms with Gasteiger partial charge in [-0.05, 0) is 32.0 Å². The van der Waals surface area contributed by atoms with Gasteiger partial charge in [0.15, 0.2) is 23.4 Å². The minimum atomic E-state index is -1.07. The molecule has 2 aromatic rings. The van der Waals surface area contributed by atoms with Gasteiger partial charge in [-0.15, -0.1) is 0 Å². The number of rotatable bonds is 6. The lowest BCUT2D eigenvalue weighted by atomic mass is 10.2. The highest BCUT2D eigenvalue weighted by Gasteiger charge is 2.20. The van der Waals surface area contributed by atoms with Gasteiger partial charge in [0.1, 0.15) is 12.3 Å². The lowest BCUT2D eigenvalue weighted by Gasteiger charge is -2.12. The number of aromatic nitrogens is 1. The molecule has 0 spiro atoms. The molecule has 10 nitrogen and oxygen atoms in total. The minimum Gasteiger partial charge on any atom is -0.454 e. The summed E-state index contributed by atoms with van der Waals surface area (Å²) < 4.78 is 20.2. The number of ether oxygens (including phenoxy) is 3. The van der Waals surface area contributed by atoms with Crippen molar-refractivity contribution in [1.82, 2.24) is 10.5 Å². The van der Waals surface area contributed by atoms with E-state index in [2.05, 4.69) is 15.8 Å². The molecule has 0 saturated carbocycles. The van der Waals surface area contributed by atoms with Crippen molar-refractivity contribution >= 4 is 23.6 Å². The summed E-state index contributed by atoms with van der Waals surface area (Å²) in [5.41, 5.74) is 0.305. The number of fused-ring (bicyclic) bond motifs is 1. The van der Waals surface area contributed by atoms with E-state index < -0.39 is 30.4 Å². The Balaban J connectivity index is 1.46. The monoisotopic (exact) mass is 375 g/mol. The first-order chi connectivity index (χ1) is 12.9. The van der Waals surface area contributed by atoms with Gasteiger partial charge >= 0.3 is 5.97 Å². The zero-order valence-electron chi connectivity index (χ0n) is 14.6. The van der Waals surface area contributed by atoms with Crippen molar-refractivity contribution in [2.45, 2.75) is 20.0 Å². The first-order valence-electron chi connectivity index (χ1n) is 8.04. The predicted molar refractivity (Wildman–Crippen MR) is 90.3 cm³/mol. The summed E-state index contributed by atoms with van der Waals surface area (Å²) in [6, 6.07) is 6.19. The van der Waals surface area contributed by atoms with E-state index in [0.29, 0.717) is 22.8 Å². The zero-order chi connectivity index (χ0) is 19.4. The molecule has 0 unspecified atom stereocenters. The molecule has 0 bridgehead atoms. The van der Waals surface area contributed by atoms with Gasteiger partial charge in [0.05, 0.1) is 0 Å². The maximum atomic E-state index is 12.1. The number of carbonyl (C=O) groups is 3. The van der Waals surface area contributed by atoms with Gasteiger partial charge < -0.3 is 29.4 Å². The fraction of sp³-hybridized carbons (Fsp3) is 0.294. The lowest BCUT2D eigenvalue weighted by molar-refractivity contribution is -0.152. The number of aryl methyl sites for hydroxylation is 1. The van der Waals surface area contributed by atoms with Crippen LogP contribution >= 0.6 is 0 Å². The number of anilines is 1. The van der Waals surface area contributed by atoms with E-state index in [1.165, 1.54) is 19.1 Å². The molecule has 2 amide bonds. The summed E-state index contributed by atoms with van der Waals surface area (Å²) in [6.45, 7) is 2.78. The summed E-state index contributed by atoms with van der Waals surface area (Å²) in [5, 5.41) is 8.48. The standard InChI is InChI=1S/C17H17N3O7/c1-9-5-14(20-27-9)19-16(22)10(2)26-15(21)7-18-17(23)11-3-4-12-13(6-11)25-8-24-12/h3-6,10H,7-8H2,1-2H3,(H,18,23)(H,19,20,22)/t10-/m0/s1. The van der Waals surface area contributed by atoms with Crippen molar-refractivity contribution in [1.29, 1.82) is 0 Å². The molecule has 0 aliphatic carbocycles. The van der Waals surface area contributed by atoms with E-state index in [0.717, 1.165) is 0 Å². The molecule has 0 radical (unpaired) electrons. The second-order valence-corrected chi connectivity index (χ2v) is 5.69. The average molecular weight is 375 g/mol. The Labute approximate surface area is 153 Å². The number of hydrogen-bond donors (Lipinski definition) is 2. The molecule has 1 aromatic heterocycles. The average Bonchev–Trinajstić information content (AvgIpc) is 3.27. The quantitative estimate of drug-likeness (QED) is 0.716. The molecular weight excluding hydrogens is 358 g/mol. The number of hydrogen-bond acceptors (Lipinski definition) is 8. The van der Waals surface area contributed by atoms with Crippen LogP contribution in [0.2, 0.25) is 0 Å². The zero-order valence-corrected chi connectivity index (χ0v) is 14.6. The van der Waals surface area contributed by atoms with Gasteiger partial charge in [0, 0.05) is 11.6 Å². The third-order valence-electron chi connectivity index (χ3n) is 3.58. The molecule has 2 heterocycles. The molecule has 2 N–H and O–H groups in total. The minimum absolute atomic E-state index is 0.0978. The molecule has 1 aromatic carbocycles.